The van der Waals surface area contributed by atoms with Gasteiger partial charge in [0.05, 0.1) is 11.5 Å². The molecule has 5 heteroatoms. The van der Waals surface area contributed by atoms with Crippen molar-refractivity contribution >= 4 is 29.2 Å². The van der Waals surface area contributed by atoms with Crippen molar-refractivity contribution in [1.82, 2.24) is 0 Å². The quantitative estimate of drug-likeness (QED) is 0.910. The number of carboxylic acids is 1. The normalized spacial score (nSPS) is 13.8. The van der Waals surface area contributed by atoms with Gasteiger partial charge in [-0.05, 0) is 25.5 Å². The molecule has 0 heterocycles. The van der Waals surface area contributed by atoms with Crippen molar-refractivity contribution in [2.24, 2.45) is 0 Å². The standard InChI is InChI=1S/C12H11Cl2NO2/c1-12(11(16)17,6-3-7-15)10-8(13)4-2-5-9(10)14/h2,4-5H,3,6H2,1H3,(H,16,17). The van der Waals surface area contributed by atoms with Gasteiger partial charge in [0.15, 0.2) is 0 Å². The zero-order chi connectivity index (χ0) is 13.1. The maximum absolute atomic E-state index is 11.4. The molecule has 0 bridgehead atoms. The van der Waals surface area contributed by atoms with Gasteiger partial charge in [-0.3, -0.25) is 4.79 Å². The lowest BCUT2D eigenvalue weighted by Crippen LogP contribution is -2.33. The molecule has 1 unspecified atom stereocenters. The fourth-order valence-electron chi connectivity index (χ4n) is 1.67. The van der Waals surface area contributed by atoms with Gasteiger partial charge >= 0.3 is 5.97 Å². The fourth-order valence-corrected chi connectivity index (χ4v) is 2.48. The highest BCUT2D eigenvalue weighted by Crippen LogP contribution is 2.39. The molecule has 3 nitrogen and oxygen atoms in total. The van der Waals surface area contributed by atoms with E-state index in [2.05, 4.69) is 0 Å². The number of benzene rings is 1. The Bertz CT molecular complexity index is 462. The predicted octanol–water partition coefficient (Wildman–Crippen LogP) is 3.64. The molecule has 1 atom stereocenters. The van der Waals surface area contributed by atoms with Crippen LogP contribution >= 0.6 is 23.2 Å². The molecule has 1 aromatic rings. The van der Waals surface area contributed by atoms with Crippen LogP contribution in [0, 0.1) is 11.3 Å². The summed E-state index contributed by atoms with van der Waals surface area (Å²) >= 11 is 12.0. The van der Waals surface area contributed by atoms with Crippen molar-refractivity contribution in [2.75, 3.05) is 0 Å². The molecule has 0 spiro atoms. The summed E-state index contributed by atoms with van der Waals surface area (Å²) in [6, 6.07) is 6.78. The van der Waals surface area contributed by atoms with Crippen LogP contribution in [0.25, 0.3) is 0 Å². The zero-order valence-corrected chi connectivity index (χ0v) is 10.7. The summed E-state index contributed by atoms with van der Waals surface area (Å²) in [6.45, 7) is 1.53. The van der Waals surface area contributed by atoms with Crippen LogP contribution in [0.15, 0.2) is 18.2 Å². The van der Waals surface area contributed by atoms with E-state index in [9.17, 15) is 9.90 Å². The fraction of sp³-hybridized carbons (Fsp3) is 0.333. The average Bonchev–Trinajstić information content (AvgIpc) is 2.25. The first-order valence-electron chi connectivity index (χ1n) is 4.98. The van der Waals surface area contributed by atoms with Gasteiger partial charge in [-0.25, -0.2) is 0 Å². The smallest absolute Gasteiger partial charge is 0.313 e. The van der Waals surface area contributed by atoms with Crippen molar-refractivity contribution in [2.45, 2.75) is 25.2 Å². The van der Waals surface area contributed by atoms with Gasteiger partial charge < -0.3 is 5.11 Å². The number of aliphatic carboxylic acids is 1. The minimum atomic E-state index is -1.24. The maximum Gasteiger partial charge on any atom is 0.313 e. The SMILES string of the molecule is CC(CCC#N)(C(=O)O)c1c(Cl)cccc1Cl. The molecule has 17 heavy (non-hydrogen) atoms. The molecule has 0 radical (unpaired) electrons. The Hall–Kier alpha value is -1.24. The van der Waals surface area contributed by atoms with Crippen LogP contribution in [-0.4, -0.2) is 11.1 Å². The van der Waals surface area contributed by atoms with E-state index in [1.165, 1.54) is 6.92 Å². The van der Waals surface area contributed by atoms with Crippen LogP contribution in [0.2, 0.25) is 10.0 Å². The van der Waals surface area contributed by atoms with E-state index < -0.39 is 11.4 Å². The maximum atomic E-state index is 11.4. The summed E-state index contributed by atoms with van der Waals surface area (Å²) in [5.74, 6) is -1.04. The van der Waals surface area contributed by atoms with Gasteiger partial charge in [-0.1, -0.05) is 29.3 Å². The second-order valence-corrected chi connectivity index (χ2v) is 4.71. The molecule has 1 rings (SSSR count). The molecule has 1 N–H and O–H groups in total. The number of carboxylic acid groups (broad SMARTS) is 1. The summed E-state index contributed by atoms with van der Waals surface area (Å²) in [5.41, 5.74) is -0.878. The highest BCUT2D eigenvalue weighted by Gasteiger charge is 2.38. The number of hydrogen-bond acceptors (Lipinski definition) is 2. The van der Waals surface area contributed by atoms with Crippen LogP contribution in [0.4, 0.5) is 0 Å². The Morgan fingerprint density at radius 3 is 2.41 bits per heavy atom. The van der Waals surface area contributed by atoms with Gasteiger partial charge in [-0.15, -0.1) is 0 Å². The van der Waals surface area contributed by atoms with Crippen molar-refractivity contribution in [3.63, 3.8) is 0 Å². The van der Waals surface area contributed by atoms with Crippen LogP contribution in [0.1, 0.15) is 25.3 Å². The first kappa shape index (κ1) is 13.8. The molecule has 0 amide bonds. The monoisotopic (exact) mass is 271 g/mol. The van der Waals surface area contributed by atoms with E-state index in [4.69, 9.17) is 28.5 Å². The van der Waals surface area contributed by atoms with Crippen LogP contribution in [-0.2, 0) is 10.2 Å². The summed E-state index contributed by atoms with van der Waals surface area (Å²) in [7, 11) is 0. The molecule has 0 saturated heterocycles. The molecule has 0 aliphatic rings. The molecular formula is C12H11Cl2NO2. The van der Waals surface area contributed by atoms with Crippen molar-refractivity contribution in [3.8, 4) is 6.07 Å². The Kier molecular flexibility index (Phi) is 4.39. The largest absolute Gasteiger partial charge is 0.481 e. The van der Waals surface area contributed by atoms with E-state index in [0.29, 0.717) is 15.6 Å². The number of hydrogen-bond donors (Lipinski definition) is 1. The summed E-state index contributed by atoms with van der Waals surface area (Å²) in [5, 5.41) is 18.5. The molecule has 1 aromatic carbocycles. The lowest BCUT2D eigenvalue weighted by atomic mass is 9.78. The Labute approximate surface area is 110 Å². The second kappa shape index (κ2) is 5.39. The number of halogens is 2. The summed E-state index contributed by atoms with van der Waals surface area (Å²) in [6.07, 6.45) is 0.298. The average molecular weight is 272 g/mol. The first-order valence-corrected chi connectivity index (χ1v) is 5.74. The molecule has 0 saturated carbocycles. The van der Waals surface area contributed by atoms with Gasteiger partial charge in [0.2, 0.25) is 0 Å². The topological polar surface area (TPSA) is 61.1 Å². The van der Waals surface area contributed by atoms with Crippen LogP contribution in [0.5, 0.6) is 0 Å². The number of carbonyl (C=O) groups is 1. The van der Waals surface area contributed by atoms with Gasteiger partial charge in [0.25, 0.3) is 0 Å². The van der Waals surface area contributed by atoms with Crippen LogP contribution in [0.3, 0.4) is 0 Å². The van der Waals surface area contributed by atoms with E-state index in [1.807, 2.05) is 6.07 Å². The lowest BCUT2D eigenvalue weighted by molar-refractivity contribution is -0.143. The highest BCUT2D eigenvalue weighted by atomic mass is 35.5. The highest BCUT2D eigenvalue weighted by molar-refractivity contribution is 6.36. The van der Waals surface area contributed by atoms with E-state index >= 15 is 0 Å². The van der Waals surface area contributed by atoms with Gasteiger partial charge in [0, 0.05) is 22.0 Å². The van der Waals surface area contributed by atoms with Gasteiger partial charge in [-0.2, -0.15) is 5.26 Å². The lowest BCUT2D eigenvalue weighted by Gasteiger charge is -2.26. The van der Waals surface area contributed by atoms with Crippen molar-refractivity contribution in [3.05, 3.63) is 33.8 Å². The summed E-state index contributed by atoms with van der Waals surface area (Å²) < 4.78 is 0. The molecule has 0 fully saturated rings. The van der Waals surface area contributed by atoms with E-state index in [0.717, 1.165) is 0 Å². The zero-order valence-electron chi connectivity index (χ0n) is 9.20. The second-order valence-electron chi connectivity index (χ2n) is 3.89. The third-order valence-corrected chi connectivity index (χ3v) is 3.35. The van der Waals surface area contributed by atoms with Crippen molar-refractivity contribution < 1.29 is 9.90 Å². The number of nitriles is 1. The molecule has 0 aliphatic heterocycles. The Morgan fingerprint density at radius 2 is 2.00 bits per heavy atom. The summed E-state index contributed by atoms with van der Waals surface area (Å²) in [4.78, 5) is 11.4. The first-order chi connectivity index (χ1) is 7.93. The predicted molar refractivity (Wildman–Crippen MR) is 66.3 cm³/mol. The number of nitrogens with zero attached hydrogens (tertiary/aromatic N) is 1. The van der Waals surface area contributed by atoms with Crippen LogP contribution < -0.4 is 0 Å². The molecule has 0 aromatic heterocycles. The van der Waals surface area contributed by atoms with Crippen molar-refractivity contribution in [1.29, 1.82) is 5.26 Å². The van der Waals surface area contributed by atoms with E-state index in [-0.39, 0.29) is 12.8 Å². The van der Waals surface area contributed by atoms with Gasteiger partial charge in [0.1, 0.15) is 0 Å². The molecule has 90 valence electrons. The third kappa shape index (κ3) is 2.71. The third-order valence-electron chi connectivity index (χ3n) is 2.72. The molecule has 0 aliphatic carbocycles. The number of rotatable bonds is 4. The van der Waals surface area contributed by atoms with E-state index in [1.54, 1.807) is 18.2 Å². The Balaban J connectivity index is 3.33. The minimum Gasteiger partial charge on any atom is -0.481 e. The Morgan fingerprint density at radius 1 is 1.47 bits per heavy atom. The minimum absolute atomic E-state index is 0.129. The molecular weight excluding hydrogens is 261 g/mol.